The topological polar surface area (TPSA) is 98.4 Å². The second-order valence-corrected chi connectivity index (χ2v) is 6.68. The van der Waals surface area contributed by atoms with Gasteiger partial charge in [0.15, 0.2) is 0 Å². The summed E-state index contributed by atoms with van der Waals surface area (Å²) in [6, 6.07) is 0. The van der Waals surface area contributed by atoms with Crippen LogP contribution in [0.1, 0.15) is 55.2 Å². The first-order chi connectivity index (χ1) is 11.0. The number of aliphatic hydroxyl groups is 1. The third-order valence-electron chi connectivity index (χ3n) is 5.18. The lowest BCUT2D eigenvalue weighted by atomic mass is 9.71. The molecule has 2 aliphatic rings. The predicted molar refractivity (Wildman–Crippen MR) is 84.2 cm³/mol. The number of esters is 1. The Morgan fingerprint density at radius 2 is 2.22 bits per heavy atom. The number of ether oxygens (including phenoxy) is 1. The second-order valence-electron chi connectivity index (χ2n) is 6.68. The van der Waals surface area contributed by atoms with Gasteiger partial charge in [0.05, 0.1) is 17.9 Å². The molecule has 7 heteroatoms. The van der Waals surface area contributed by atoms with Crippen LogP contribution in [0.15, 0.2) is 4.79 Å². The zero-order chi connectivity index (χ0) is 16.4. The van der Waals surface area contributed by atoms with Crippen LogP contribution in [0.3, 0.4) is 0 Å². The molecule has 7 nitrogen and oxygen atoms in total. The Morgan fingerprint density at radius 1 is 1.39 bits per heavy atom. The molecule has 0 aromatic carbocycles. The van der Waals surface area contributed by atoms with Crippen LogP contribution in [0, 0.1) is 5.92 Å². The van der Waals surface area contributed by atoms with Gasteiger partial charge in [-0.25, -0.2) is 9.59 Å². The highest BCUT2D eigenvalue weighted by Gasteiger charge is 2.42. The van der Waals surface area contributed by atoms with E-state index in [1.165, 1.54) is 0 Å². The van der Waals surface area contributed by atoms with Crippen molar-refractivity contribution in [1.82, 2.24) is 14.9 Å². The normalized spacial score (nSPS) is 28.3. The van der Waals surface area contributed by atoms with Crippen molar-refractivity contribution in [3.63, 3.8) is 0 Å². The first kappa shape index (κ1) is 16.3. The molecule has 1 saturated carbocycles. The van der Waals surface area contributed by atoms with E-state index in [2.05, 4.69) is 14.9 Å². The lowest BCUT2D eigenvalue weighted by Gasteiger charge is -2.47. The summed E-state index contributed by atoms with van der Waals surface area (Å²) < 4.78 is 4.99. The van der Waals surface area contributed by atoms with Crippen molar-refractivity contribution in [3.05, 3.63) is 21.9 Å². The molecule has 3 N–H and O–H groups in total. The first-order valence-electron chi connectivity index (χ1n) is 8.45. The minimum absolute atomic E-state index is 0.210. The van der Waals surface area contributed by atoms with Crippen molar-refractivity contribution < 1.29 is 14.6 Å². The molecule has 1 aliphatic carbocycles. The van der Waals surface area contributed by atoms with E-state index in [1.54, 1.807) is 6.92 Å². The average molecular weight is 323 g/mol. The van der Waals surface area contributed by atoms with Gasteiger partial charge < -0.3 is 14.8 Å². The number of piperidine rings is 1. The fourth-order valence-electron chi connectivity index (χ4n) is 3.92. The number of H-pyrrole nitrogens is 2. The second kappa shape index (κ2) is 6.49. The maximum Gasteiger partial charge on any atom is 0.356 e. The van der Waals surface area contributed by atoms with Crippen molar-refractivity contribution in [1.29, 1.82) is 0 Å². The smallest absolute Gasteiger partial charge is 0.356 e. The number of carbonyl (C=O) groups excluding carboxylic acids is 1. The summed E-state index contributed by atoms with van der Waals surface area (Å²) in [5, 5.41) is 10.7. The molecule has 128 valence electrons. The average Bonchev–Trinajstić information content (AvgIpc) is 2.88. The predicted octanol–water partition coefficient (Wildman–Crippen LogP) is 1.01. The molecule has 1 aromatic heterocycles. The first-order valence-corrected chi connectivity index (χ1v) is 8.45. The van der Waals surface area contributed by atoms with Crippen LogP contribution in [0.4, 0.5) is 0 Å². The molecule has 2 atom stereocenters. The van der Waals surface area contributed by atoms with Gasteiger partial charge in [0.25, 0.3) is 0 Å². The molecule has 23 heavy (non-hydrogen) atoms. The molecule has 1 aliphatic heterocycles. The molecular weight excluding hydrogens is 298 g/mol. The summed E-state index contributed by atoms with van der Waals surface area (Å²) in [5.41, 5.74) is -0.144. The van der Waals surface area contributed by atoms with Crippen molar-refractivity contribution >= 4 is 5.97 Å². The SMILES string of the molecule is CCOC(=O)c1[nH]c(=O)[nH]c1CN1CC[C@@]2(O)CCCC[C@H]2C1. The van der Waals surface area contributed by atoms with Crippen molar-refractivity contribution in [2.75, 3.05) is 19.7 Å². The van der Waals surface area contributed by atoms with Crippen LogP contribution in [0.5, 0.6) is 0 Å². The van der Waals surface area contributed by atoms with Crippen LogP contribution < -0.4 is 5.69 Å². The van der Waals surface area contributed by atoms with E-state index in [-0.39, 0.29) is 18.2 Å². The van der Waals surface area contributed by atoms with Gasteiger partial charge in [0.2, 0.25) is 0 Å². The van der Waals surface area contributed by atoms with Gasteiger partial charge in [0, 0.05) is 25.6 Å². The Hall–Kier alpha value is -1.60. The summed E-state index contributed by atoms with van der Waals surface area (Å²) in [7, 11) is 0. The Balaban J connectivity index is 1.71. The minimum atomic E-state index is -0.524. The monoisotopic (exact) mass is 323 g/mol. The fourth-order valence-corrected chi connectivity index (χ4v) is 3.92. The molecular formula is C16H25N3O4. The van der Waals surface area contributed by atoms with E-state index in [9.17, 15) is 14.7 Å². The molecule has 0 amide bonds. The summed E-state index contributed by atoms with van der Waals surface area (Å²) >= 11 is 0. The summed E-state index contributed by atoms with van der Waals surface area (Å²) in [6.45, 7) is 4.05. The highest BCUT2D eigenvalue weighted by Crippen LogP contribution is 2.40. The van der Waals surface area contributed by atoms with E-state index in [0.717, 1.165) is 45.2 Å². The van der Waals surface area contributed by atoms with E-state index >= 15 is 0 Å². The number of fused-ring (bicyclic) bond motifs is 1. The number of hydrogen-bond acceptors (Lipinski definition) is 5. The largest absolute Gasteiger partial charge is 0.461 e. The van der Waals surface area contributed by atoms with Crippen molar-refractivity contribution in [3.8, 4) is 0 Å². The highest BCUT2D eigenvalue weighted by atomic mass is 16.5. The molecule has 0 bridgehead atoms. The third-order valence-corrected chi connectivity index (χ3v) is 5.18. The van der Waals surface area contributed by atoms with Crippen LogP contribution in [0.25, 0.3) is 0 Å². The zero-order valence-electron chi connectivity index (χ0n) is 13.6. The Bertz CT molecular complexity index is 623. The maximum absolute atomic E-state index is 11.9. The number of aromatic amines is 2. The van der Waals surface area contributed by atoms with Gasteiger partial charge in [-0.15, -0.1) is 0 Å². The molecule has 0 radical (unpaired) electrons. The van der Waals surface area contributed by atoms with Crippen LogP contribution >= 0.6 is 0 Å². The van der Waals surface area contributed by atoms with Gasteiger partial charge in [0.1, 0.15) is 5.69 Å². The lowest BCUT2D eigenvalue weighted by molar-refractivity contribution is -0.0969. The summed E-state index contributed by atoms with van der Waals surface area (Å²) in [5.74, 6) is -0.228. The Labute approximate surface area is 135 Å². The zero-order valence-corrected chi connectivity index (χ0v) is 13.6. The molecule has 1 saturated heterocycles. The Kier molecular flexibility index (Phi) is 4.59. The van der Waals surface area contributed by atoms with Gasteiger partial charge in [-0.1, -0.05) is 12.8 Å². The minimum Gasteiger partial charge on any atom is -0.461 e. The van der Waals surface area contributed by atoms with Crippen LogP contribution in [-0.2, 0) is 11.3 Å². The third kappa shape index (κ3) is 3.35. The Morgan fingerprint density at radius 3 is 3.00 bits per heavy atom. The quantitative estimate of drug-likeness (QED) is 0.718. The maximum atomic E-state index is 11.9. The fraction of sp³-hybridized carbons (Fsp3) is 0.750. The van der Waals surface area contributed by atoms with E-state index in [1.807, 2.05) is 0 Å². The molecule has 3 rings (SSSR count). The number of carbonyl (C=O) groups is 1. The standard InChI is InChI=1S/C16H25N3O4/c1-2-23-14(20)13-12(17-15(21)18-13)10-19-8-7-16(22)6-4-3-5-11(16)9-19/h11,22H,2-10H2,1H3,(H2,17,18,21)/t11-,16-/m0/s1. The molecule has 1 aromatic rings. The van der Waals surface area contributed by atoms with E-state index in [0.29, 0.717) is 12.2 Å². The van der Waals surface area contributed by atoms with Gasteiger partial charge in [-0.3, -0.25) is 9.88 Å². The van der Waals surface area contributed by atoms with Gasteiger partial charge in [-0.2, -0.15) is 0 Å². The number of nitrogens with one attached hydrogen (secondary N) is 2. The number of aromatic nitrogens is 2. The molecule has 0 unspecified atom stereocenters. The molecule has 2 fully saturated rings. The van der Waals surface area contributed by atoms with Crippen molar-refractivity contribution in [2.24, 2.45) is 5.92 Å². The van der Waals surface area contributed by atoms with E-state index in [4.69, 9.17) is 4.74 Å². The van der Waals surface area contributed by atoms with Crippen LogP contribution in [-0.4, -0.2) is 51.2 Å². The summed E-state index contributed by atoms with van der Waals surface area (Å²) in [4.78, 5) is 30.9. The van der Waals surface area contributed by atoms with Crippen LogP contribution in [0.2, 0.25) is 0 Å². The summed E-state index contributed by atoms with van der Waals surface area (Å²) in [6.07, 6.45) is 4.95. The van der Waals surface area contributed by atoms with Gasteiger partial charge >= 0.3 is 11.7 Å². The van der Waals surface area contributed by atoms with Crippen molar-refractivity contribution in [2.45, 2.75) is 51.2 Å². The number of rotatable bonds is 4. The van der Waals surface area contributed by atoms with E-state index < -0.39 is 17.3 Å². The molecule has 2 heterocycles. The number of likely N-dealkylation sites (tertiary alicyclic amines) is 1. The molecule has 0 spiro atoms. The number of nitrogens with zero attached hydrogens (tertiary/aromatic N) is 1. The highest BCUT2D eigenvalue weighted by molar-refractivity contribution is 5.88. The lowest BCUT2D eigenvalue weighted by Crippen LogP contribution is -2.53. The number of imidazole rings is 1. The van der Waals surface area contributed by atoms with Gasteiger partial charge in [-0.05, 0) is 26.2 Å². The number of hydrogen-bond donors (Lipinski definition) is 3.